The fourth-order valence-electron chi connectivity index (χ4n) is 4.69. The molecule has 12 heteroatoms. The number of fused-ring (bicyclic) bond motifs is 1. The maximum Gasteiger partial charge on any atom is 0.410 e. The van der Waals surface area contributed by atoms with E-state index in [2.05, 4.69) is 15.3 Å². The molecule has 1 saturated heterocycles. The van der Waals surface area contributed by atoms with Crippen LogP contribution < -0.4 is 11.1 Å². The Kier molecular flexibility index (Phi) is 7.09. The Labute approximate surface area is 229 Å². The third kappa shape index (κ3) is 5.56. The number of piperidine rings is 1. The normalized spacial score (nSPS) is 15.7. The van der Waals surface area contributed by atoms with E-state index in [1.165, 1.54) is 6.33 Å². The van der Waals surface area contributed by atoms with Crippen molar-refractivity contribution >= 4 is 34.5 Å². The summed E-state index contributed by atoms with van der Waals surface area (Å²) in [4.78, 5) is 35.9. The molecule has 0 radical (unpaired) electrons. The van der Waals surface area contributed by atoms with Crippen LogP contribution in [0.1, 0.15) is 50.0 Å². The highest BCUT2D eigenvalue weighted by atomic mass is 19.1. The molecule has 0 saturated carbocycles. The zero-order valence-corrected chi connectivity index (χ0v) is 22.3. The average molecular weight is 550 g/mol. The average Bonchev–Trinajstić information content (AvgIpc) is 3.30. The van der Waals surface area contributed by atoms with Crippen LogP contribution in [0.5, 0.6) is 0 Å². The van der Waals surface area contributed by atoms with Crippen molar-refractivity contribution < 1.29 is 23.1 Å². The summed E-state index contributed by atoms with van der Waals surface area (Å²) in [6, 6.07) is 9.32. The molecule has 5 rings (SSSR count). The third-order valence-corrected chi connectivity index (χ3v) is 6.49. The van der Waals surface area contributed by atoms with Gasteiger partial charge in [-0.2, -0.15) is 5.10 Å². The number of halogens is 2. The first kappa shape index (κ1) is 27.0. The Bertz CT molecular complexity index is 1600. The first-order chi connectivity index (χ1) is 19.0. The van der Waals surface area contributed by atoms with Gasteiger partial charge in [0.2, 0.25) is 0 Å². The van der Waals surface area contributed by atoms with Crippen LogP contribution in [0.25, 0.3) is 22.3 Å². The molecule has 0 spiro atoms. The maximum atomic E-state index is 14.1. The monoisotopic (exact) mass is 549 g/mol. The molecule has 1 aliphatic heterocycles. The molecule has 0 bridgehead atoms. The lowest BCUT2D eigenvalue weighted by Crippen LogP contribution is -2.43. The van der Waals surface area contributed by atoms with Gasteiger partial charge in [-0.1, -0.05) is 12.1 Å². The van der Waals surface area contributed by atoms with Gasteiger partial charge in [-0.3, -0.25) is 4.79 Å². The van der Waals surface area contributed by atoms with E-state index < -0.39 is 23.1 Å². The summed E-state index contributed by atoms with van der Waals surface area (Å²) in [5, 5.41) is 7.82. The predicted octanol–water partition coefficient (Wildman–Crippen LogP) is 5.18. The van der Waals surface area contributed by atoms with E-state index in [1.807, 2.05) is 20.8 Å². The number of nitrogens with one attached hydrogen (secondary N) is 1. The highest BCUT2D eigenvalue weighted by Crippen LogP contribution is 2.34. The molecule has 2 aromatic carbocycles. The van der Waals surface area contributed by atoms with Gasteiger partial charge in [0, 0.05) is 30.3 Å². The number of anilines is 2. The van der Waals surface area contributed by atoms with Gasteiger partial charge >= 0.3 is 6.09 Å². The summed E-state index contributed by atoms with van der Waals surface area (Å²) < 4.78 is 34.7. The van der Waals surface area contributed by atoms with Crippen LogP contribution in [-0.4, -0.2) is 55.3 Å². The molecule has 0 unspecified atom stereocenters. The number of amides is 2. The minimum Gasteiger partial charge on any atom is -0.444 e. The number of carbonyl (C=O) groups is 2. The van der Waals surface area contributed by atoms with Crippen molar-refractivity contribution in [2.75, 3.05) is 24.1 Å². The number of rotatable bonds is 4. The largest absolute Gasteiger partial charge is 0.444 e. The van der Waals surface area contributed by atoms with E-state index >= 15 is 0 Å². The van der Waals surface area contributed by atoms with Crippen molar-refractivity contribution in [2.45, 2.75) is 45.3 Å². The van der Waals surface area contributed by atoms with Crippen molar-refractivity contribution in [3.63, 3.8) is 0 Å². The van der Waals surface area contributed by atoms with Gasteiger partial charge < -0.3 is 20.7 Å². The number of hydrogen-bond donors (Lipinski definition) is 2. The zero-order chi connectivity index (χ0) is 28.6. The number of likely N-dealkylation sites (tertiary alicyclic amines) is 1. The molecule has 208 valence electrons. The lowest BCUT2D eigenvalue weighted by molar-refractivity contribution is 0.0169. The first-order valence-corrected chi connectivity index (χ1v) is 12.8. The molecule has 1 atom stereocenters. The molecular weight excluding hydrogens is 520 g/mol. The van der Waals surface area contributed by atoms with Crippen molar-refractivity contribution in [2.24, 2.45) is 0 Å². The minimum atomic E-state index is -0.882. The van der Waals surface area contributed by atoms with E-state index in [-0.39, 0.29) is 29.2 Å². The van der Waals surface area contributed by atoms with Crippen LogP contribution in [0.3, 0.4) is 0 Å². The van der Waals surface area contributed by atoms with Gasteiger partial charge in [0.1, 0.15) is 35.1 Å². The van der Waals surface area contributed by atoms with Crippen LogP contribution in [-0.2, 0) is 4.74 Å². The summed E-state index contributed by atoms with van der Waals surface area (Å²) in [6.45, 7) is 6.42. The summed E-state index contributed by atoms with van der Waals surface area (Å²) in [7, 11) is 0. The lowest BCUT2D eigenvalue weighted by atomic mass is 10.1. The third-order valence-electron chi connectivity index (χ3n) is 6.49. The van der Waals surface area contributed by atoms with Crippen LogP contribution in [0.4, 0.5) is 25.1 Å². The van der Waals surface area contributed by atoms with Crippen LogP contribution in [0.15, 0.2) is 48.8 Å². The SMILES string of the molecule is CC(C)(C)OC(=O)N1CCC[C@@H](n2nc(-c3cccc(C(=O)Nc4ccc(F)cc4F)c3)c3c(N)ncnc32)C1. The summed E-state index contributed by atoms with van der Waals surface area (Å²) >= 11 is 0. The van der Waals surface area contributed by atoms with Crippen molar-refractivity contribution in [3.8, 4) is 11.3 Å². The first-order valence-electron chi connectivity index (χ1n) is 12.8. The number of nitrogens with two attached hydrogens (primary N) is 1. The molecular formula is C28H29F2N7O3. The number of benzene rings is 2. The van der Waals surface area contributed by atoms with Gasteiger partial charge in [-0.15, -0.1) is 0 Å². The Hall–Kier alpha value is -4.61. The summed E-state index contributed by atoms with van der Waals surface area (Å²) in [5.74, 6) is -1.99. The van der Waals surface area contributed by atoms with Crippen LogP contribution >= 0.6 is 0 Å². The van der Waals surface area contributed by atoms with Crippen LogP contribution in [0.2, 0.25) is 0 Å². The maximum absolute atomic E-state index is 14.1. The number of carbonyl (C=O) groups excluding carboxylic acids is 2. The molecule has 1 aliphatic rings. The summed E-state index contributed by atoms with van der Waals surface area (Å²) in [6.07, 6.45) is 2.47. The smallest absolute Gasteiger partial charge is 0.410 e. The fraction of sp³-hybridized carbons (Fsp3) is 0.321. The Morgan fingerprint density at radius 1 is 1.12 bits per heavy atom. The van der Waals surface area contributed by atoms with Gasteiger partial charge in [-0.05, 0) is 57.9 Å². The van der Waals surface area contributed by atoms with Crippen molar-refractivity contribution in [3.05, 3.63) is 66.0 Å². The van der Waals surface area contributed by atoms with Crippen molar-refractivity contribution in [1.82, 2.24) is 24.6 Å². The second kappa shape index (κ2) is 10.5. The second-order valence-electron chi connectivity index (χ2n) is 10.6. The Morgan fingerprint density at radius 2 is 1.93 bits per heavy atom. The number of ether oxygens (including phenoxy) is 1. The summed E-state index contributed by atoms with van der Waals surface area (Å²) in [5.41, 5.74) is 7.28. The lowest BCUT2D eigenvalue weighted by Gasteiger charge is -2.34. The van der Waals surface area contributed by atoms with E-state index in [1.54, 1.807) is 33.8 Å². The van der Waals surface area contributed by atoms with Gasteiger partial charge in [0.05, 0.1) is 17.1 Å². The molecule has 3 heterocycles. The molecule has 2 aromatic heterocycles. The molecule has 4 aromatic rings. The Balaban J connectivity index is 1.47. The standard InChI is InChI=1S/C28H29F2N7O3/c1-28(2,3)40-27(39)36-11-5-8-19(14-36)37-25-22(24(31)32-15-33-25)23(35-37)16-6-4-7-17(12-16)26(38)34-21-10-9-18(29)13-20(21)30/h4,6-7,9-10,12-13,15,19H,5,8,11,14H2,1-3H3,(H,34,38)(H2,31,32,33)/t19-/m1/s1. The molecule has 3 N–H and O–H groups in total. The fourth-order valence-corrected chi connectivity index (χ4v) is 4.69. The number of hydrogen-bond acceptors (Lipinski definition) is 7. The zero-order valence-electron chi connectivity index (χ0n) is 22.3. The highest BCUT2D eigenvalue weighted by molar-refractivity contribution is 6.06. The molecule has 0 aliphatic carbocycles. The molecule has 10 nitrogen and oxygen atoms in total. The van der Waals surface area contributed by atoms with E-state index in [0.29, 0.717) is 41.4 Å². The molecule has 1 fully saturated rings. The number of aromatic nitrogens is 4. The van der Waals surface area contributed by atoms with E-state index in [9.17, 15) is 18.4 Å². The second-order valence-corrected chi connectivity index (χ2v) is 10.6. The molecule has 40 heavy (non-hydrogen) atoms. The van der Waals surface area contributed by atoms with Gasteiger partial charge in [0.15, 0.2) is 5.65 Å². The van der Waals surface area contributed by atoms with Gasteiger partial charge in [-0.25, -0.2) is 28.2 Å². The van der Waals surface area contributed by atoms with E-state index in [0.717, 1.165) is 25.0 Å². The van der Waals surface area contributed by atoms with Gasteiger partial charge in [0.25, 0.3) is 5.91 Å². The predicted molar refractivity (Wildman–Crippen MR) is 146 cm³/mol. The Morgan fingerprint density at radius 3 is 2.67 bits per heavy atom. The van der Waals surface area contributed by atoms with E-state index in [4.69, 9.17) is 15.6 Å². The number of nitrogens with zero attached hydrogens (tertiary/aromatic N) is 5. The van der Waals surface area contributed by atoms with Crippen LogP contribution in [0, 0.1) is 11.6 Å². The minimum absolute atomic E-state index is 0.143. The van der Waals surface area contributed by atoms with Crippen molar-refractivity contribution in [1.29, 1.82) is 0 Å². The highest BCUT2D eigenvalue weighted by Gasteiger charge is 2.31. The number of nitrogen functional groups attached to an aromatic ring is 1. The topological polar surface area (TPSA) is 128 Å². The molecule has 2 amide bonds. The quantitative estimate of drug-likeness (QED) is 0.359.